The predicted octanol–water partition coefficient (Wildman–Crippen LogP) is 1.91. The van der Waals surface area contributed by atoms with Crippen molar-refractivity contribution in [1.82, 2.24) is 5.32 Å². The second-order valence-corrected chi connectivity index (χ2v) is 1.93. The Kier molecular flexibility index (Phi) is 4.42. The summed E-state index contributed by atoms with van der Waals surface area (Å²) in [5, 5.41) is 3.06. The molecule has 0 aromatic heterocycles. The third-order valence-electron chi connectivity index (χ3n) is 1.13. The minimum Gasteiger partial charge on any atom is -0.392 e. The highest BCUT2D eigenvalue weighted by atomic mass is 14.8. The lowest BCUT2D eigenvalue weighted by Crippen LogP contribution is -2.00. The van der Waals surface area contributed by atoms with Crippen LogP contribution >= 0.6 is 0 Å². The quantitative estimate of drug-likeness (QED) is 0.589. The summed E-state index contributed by atoms with van der Waals surface area (Å²) in [5.74, 6) is 0. The monoisotopic (exact) mass is 113 g/mol. The molecule has 0 aromatic rings. The minimum atomic E-state index is 1.19. The normalized spacial score (nSPS) is 11.6. The van der Waals surface area contributed by atoms with Gasteiger partial charge < -0.3 is 5.32 Å². The number of unbranched alkanes of at least 4 members (excludes halogenated alkanes) is 1. The van der Waals surface area contributed by atoms with E-state index < -0.39 is 0 Å². The van der Waals surface area contributed by atoms with Gasteiger partial charge in [-0.05, 0) is 13.3 Å². The Balaban J connectivity index is 3.26. The molecule has 1 N–H and O–H groups in total. The summed E-state index contributed by atoms with van der Waals surface area (Å²) in [5.41, 5.74) is 1.27. The van der Waals surface area contributed by atoms with E-state index in [0.29, 0.717) is 0 Å². The molecule has 0 aromatic carbocycles. The molecule has 0 heterocycles. The summed E-state index contributed by atoms with van der Waals surface area (Å²) in [6.45, 7) is 4.26. The maximum absolute atomic E-state index is 3.06. The second kappa shape index (κ2) is 4.69. The highest BCUT2D eigenvalue weighted by Gasteiger charge is 1.77. The molecule has 1 heteroatoms. The molecule has 1 nitrogen and oxygen atoms in total. The van der Waals surface area contributed by atoms with Gasteiger partial charge in [0.15, 0.2) is 0 Å². The van der Waals surface area contributed by atoms with Gasteiger partial charge in [-0.2, -0.15) is 0 Å². The average Bonchev–Trinajstić information content (AvgIpc) is 1.83. The van der Waals surface area contributed by atoms with Crippen LogP contribution in [-0.2, 0) is 0 Å². The van der Waals surface area contributed by atoms with E-state index in [2.05, 4.69) is 25.2 Å². The van der Waals surface area contributed by atoms with Gasteiger partial charge in [0.25, 0.3) is 0 Å². The van der Waals surface area contributed by atoms with Gasteiger partial charge >= 0.3 is 0 Å². The van der Waals surface area contributed by atoms with Gasteiger partial charge in [0.1, 0.15) is 0 Å². The lowest BCUT2D eigenvalue weighted by Gasteiger charge is -1.95. The molecule has 0 radical (unpaired) electrons. The van der Waals surface area contributed by atoms with Gasteiger partial charge in [0.05, 0.1) is 0 Å². The van der Waals surface area contributed by atoms with Crippen LogP contribution in [-0.4, -0.2) is 7.05 Å². The minimum absolute atomic E-state index is 1.19. The highest BCUT2D eigenvalue weighted by molar-refractivity contribution is 4.93. The fraction of sp³-hybridized carbons (Fsp3) is 0.714. The van der Waals surface area contributed by atoms with Crippen LogP contribution in [0.5, 0.6) is 0 Å². The number of allylic oxidation sites excluding steroid dienone is 2. The molecule has 0 rings (SSSR count). The van der Waals surface area contributed by atoms with Crippen molar-refractivity contribution in [3.8, 4) is 0 Å². The van der Waals surface area contributed by atoms with Gasteiger partial charge in [-0.15, -0.1) is 0 Å². The highest BCUT2D eigenvalue weighted by Crippen LogP contribution is 1.92. The molecule has 48 valence electrons. The van der Waals surface area contributed by atoms with E-state index in [1.165, 1.54) is 18.5 Å². The zero-order valence-electron chi connectivity index (χ0n) is 5.99. The smallest absolute Gasteiger partial charge is 0.00319 e. The van der Waals surface area contributed by atoms with E-state index >= 15 is 0 Å². The topological polar surface area (TPSA) is 12.0 Å². The number of hydrogen-bond acceptors (Lipinski definition) is 1. The standard InChI is InChI=1S/C7H15N/c1-4-5-6-7(2)8-3/h6,8H,4-5H2,1-3H3/b7-6-. The van der Waals surface area contributed by atoms with E-state index in [1.807, 2.05) is 7.05 Å². The van der Waals surface area contributed by atoms with Gasteiger partial charge in [-0.1, -0.05) is 19.4 Å². The molecular weight excluding hydrogens is 98.1 g/mol. The van der Waals surface area contributed by atoms with Gasteiger partial charge in [-0.25, -0.2) is 0 Å². The van der Waals surface area contributed by atoms with Gasteiger partial charge in [0.2, 0.25) is 0 Å². The largest absolute Gasteiger partial charge is 0.392 e. The van der Waals surface area contributed by atoms with E-state index in [-0.39, 0.29) is 0 Å². The van der Waals surface area contributed by atoms with Crippen LogP contribution in [0, 0.1) is 0 Å². The zero-order chi connectivity index (χ0) is 6.41. The number of hydrogen-bond donors (Lipinski definition) is 1. The maximum Gasteiger partial charge on any atom is 0.00319 e. The Morgan fingerprint density at radius 1 is 1.62 bits per heavy atom. The molecule has 8 heavy (non-hydrogen) atoms. The predicted molar refractivity (Wildman–Crippen MR) is 37.7 cm³/mol. The summed E-state index contributed by atoms with van der Waals surface area (Å²) in [7, 11) is 1.95. The molecule has 0 aliphatic rings. The summed E-state index contributed by atoms with van der Waals surface area (Å²) < 4.78 is 0. The van der Waals surface area contributed by atoms with Crippen molar-refractivity contribution in [3.63, 3.8) is 0 Å². The van der Waals surface area contributed by atoms with Crippen LogP contribution in [0.15, 0.2) is 11.8 Å². The first-order valence-corrected chi connectivity index (χ1v) is 3.15. The van der Waals surface area contributed by atoms with Crippen molar-refractivity contribution < 1.29 is 0 Å². The van der Waals surface area contributed by atoms with Gasteiger partial charge in [0, 0.05) is 12.7 Å². The van der Waals surface area contributed by atoms with Crippen LogP contribution in [0.4, 0.5) is 0 Å². The Bertz CT molecular complexity index is 74.5. The van der Waals surface area contributed by atoms with Crippen molar-refractivity contribution in [2.45, 2.75) is 26.7 Å². The average molecular weight is 113 g/mol. The SMILES string of the molecule is CCC/C=C(/C)NC. The summed E-state index contributed by atoms with van der Waals surface area (Å²) in [4.78, 5) is 0. The fourth-order valence-electron chi connectivity index (χ4n) is 0.463. The molecule has 0 saturated heterocycles. The van der Waals surface area contributed by atoms with E-state index in [4.69, 9.17) is 0 Å². The molecule has 0 saturated carbocycles. The Labute approximate surface area is 51.8 Å². The molecule has 0 aliphatic carbocycles. The van der Waals surface area contributed by atoms with Crippen molar-refractivity contribution >= 4 is 0 Å². The lowest BCUT2D eigenvalue weighted by atomic mass is 10.3. The second-order valence-electron chi connectivity index (χ2n) is 1.93. The first kappa shape index (κ1) is 7.54. The fourth-order valence-corrected chi connectivity index (χ4v) is 0.463. The first-order chi connectivity index (χ1) is 3.81. The summed E-state index contributed by atoms with van der Waals surface area (Å²) in [6, 6.07) is 0. The van der Waals surface area contributed by atoms with Crippen molar-refractivity contribution in [2.75, 3.05) is 7.05 Å². The molecule has 0 spiro atoms. The number of rotatable bonds is 3. The maximum atomic E-state index is 3.06. The first-order valence-electron chi connectivity index (χ1n) is 3.15. The van der Waals surface area contributed by atoms with E-state index in [0.717, 1.165) is 0 Å². The zero-order valence-corrected chi connectivity index (χ0v) is 5.99. The Hall–Kier alpha value is -0.460. The van der Waals surface area contributed by atoms with Crippen molar-refractivity contribution in [3.05, 3.63) is 11.8 Å². The molecule has 0 unspecified atom stereocenters. The van der Waals surface area contributed by atoms with Crippen LogP contribution in [0.1, 0.15) is 26.7 Å². The Morgan fingerprint density at radius 3 is 2.62 bits per heavy atom. The van der Waals surface area contributed by atoms with Crippen molar-refractivity contribution in [1.29, 1.82) is 0 Å². The van der Waals surface area contributed by atoms with E-state index in [1.54, 1.807) is 0 Å². The van der Waals surface area contributed by atoms with Crippen LogP contribution < -0.4 is 5.32 Å². The summed E-state index contributed by atoms with van der Waals surface area (Å²) >= 11 is 0. The summed E-state index contributed by atoms with van der Waals surface area (Å²) in [6.07, 6.45) is 4.63. The van der Waals surface area contributed by atoms with Crippen LogP contribution in [0.2, 0.25) is 0 Å². The van der Waals surface area contributed by atoms with Gasteiger partial charge in [-0.3, -0.25) is 0 Å². The Morgan fingerprint density at radius 2 is 2.25 bits per heavy atom. The van der Waals surface area contributed by atoms with Crippen LogP contribution in [0.3, 0.4) is 0 Å². The van der Waals surface area contributed by atoms with Crippen molar-refractivity contribution in [2.24, 2.45) is 0 Å². The molecule has 0 aliphatic heterocycles. The molecule has 0 atom stereocenters. The third-order valence-corrected chi connectivity index (χ3v) is 1.13. The lowest BCUT2D eigenvalue weighted by molar-refractivity contribution is 0.908. The number of nitrogens with one attached hydrogen (secondary N) is 1. The molecule has 0 bridgehead atoms. The molecule has 0 amide bonds. The molecular formula is C7H15N. The van der Waals surface area contributed by atoms with E-state index in [9.17, 15) is 0 Å². The van der Waals surface area contributed by atoms with Crippen LogP contribution in [0.25, 0.3) is 0 Å². The molecule has 0 fully saturated rings. The third kappa shape index (κ3) is 3.72.